The number of fused-ring (bicyclic) bond motifs is 1. The monoisotopic (exact) mass is 394 g/mol. The summed E-state index contributed by atoms with van der Waals surface area (Å²) in [6.45, 7) is -1.13. The van der Waals surface area contributed by atoms with Crippen LogP contribution in [0.2, 0.25) is 0 Å². The number of hydrogen-bond acceptors (Lipinski definition) is 6. The first kappa shape index (κ1) is 18.1. The third-order valence-electron chi connectivity index (χ3n) is 4.79. The van der Waals surface area contributed by atoms with Crippen molar-refractivity contribution in [3.05, 3.63) is 41.0 Å². The Morgan fingerprint density at radius 3 is 2.63 bits per heavy atom. The minimum absolute atomic E-state index is 0.0435. The summed E-state index contributed by atoms with van der Waals surface area (Å²) in [7, 11) is 0. The summed E-state index contributed by atoms with van der Waals surface area (Å²) in [5.41, 5.74) is 0.801. The fourth-order valence-corrected chi connectivity index (χ4v) is 4.71. The zero-order valence-corrected chi connectivity index (χ0v) is 15.4. The number of nitrogens with zero attached hydrogens (tertiary/aromatic N) is 4. The minimum atomic E-state index is -2.88. The molecule has 1 aromatic carbocycles. The second kappa shape index (κ2) is 7.77. The van der Waals surface area contributed by atoms with Crippen LogP contribution < -0.4 is 4.74 Å². The van der Waals surface area contributed by atoms with Gasteiger partial charge in [-0.15, -0.1) is 0 Å². The molecule has 1 aliphatic heterocycles. The number of likely N-dealkylation sites (tertiary alicyclic amines) is 1. The highest BCUT2D eigenvalue weighted by atomic mass is 32.1. The fraction of sp³-hybridized carbons (Fsp3) is 0.444. The standard InChI is InChI=1S/C18H20F2N4O2S/c19-17(20)26-13-7-5-6-12(10-13)14(23-8-3-1-2-4-9-23)15-16(25)24-18(27-15)21-11-22-24/h5-7,10-11,14,17,25H,1-4,8-9H2. The summed E-state index contributed by atoms with van der Waals surface area (Å²) in [6, 6.07) is 6.45. The summed E-state index contributed by atoms with van der Waals surface area (Å²) < 4.78 is 31.3. The molecule has 3 aromatic rings. The molecule has 0 saturated carbocycles. The van der Waals surface area contributed by atoms with E-state index in [1.165, 1.54) is 41.1 Å². The molecule has 9 heteroatoms. The van der Waals surface area contributed by atoms with Crippen molar-refractivity contribution < 1.29 is 18.6 Å². The molecule has 4 rings (SSSR count). The highest BCUT2D eigenvalue weighted by Crippen LogP contribution is 2.41. The van der Waals surface area contributed by atoms with Crippen LogP contribution in [0.3, 0.4) is 0 Å². The highest BCUT2D eigenvalue weighted by Gasteiger charge is 2.30. The van der Waals surface area contributed by atoms with Gasteiger partial charge in [-0.25, -0.2) is 4.98 Å². The van der Waals surface area contributed by atoms with Crippen LogP contribution in [0.5, 0.6) is 11.6 Å². The van der Waals surface area contributed by atoms with Crippen LogP contribution >= 0.6 is 11.3 Å². The maximum absolute atomic E-state index is 12.7. The van der Waals surface area contributed by atoms with Gasteiger partial charge < -0.3 is 9.84 Å². The van der Waals surface area contributed by atoms with E-state index in [2.05, 4.69) is 19.7 Å². The lowest BCUT2D eigenvalue weighted by Crippen LogP contribution is -2.30. The summed E-state index contributed by atoms with van der Waals surface area (Å²) in [4.78, 5) is 7.77. The second-order valence-corrected chi connectivity index (χ2v) is 7.56. The molecule has 0 amide bonds. The molecule has 3 heterocycles. The summed E-state index contributed by atoms with van der Waals surface area (Å²) in [5, 5.41) is 14.8. The second-order valence-electron chi connectivity index (χ2n) is 6.55. The average Bonchev–Trinajstić information content (AvgIpc) is 3.09. The quantitative estimate of drug-likeness (QED) is 0.707. The predicted octanol–water partition coefficient (Wildman–Crippen LogP) is 4.06. The Balaban J connectivity index is 1.78. The molecular formula is C18H20F2N4O2S. The van der Waals surface area contributed by atoms with Gasteiger partial charge in [0, 0.05) is 0 Å². The SMILES string of the molecule is Oc1c(C(c2cccc(OC(F)F)c2)N2CCCCCC2)sc2ncnn12. The average molecular weight is 394 g/mol. The molecule has 0 radical (unpaired) electrons. The van der Waals surface area contributed by atoms with E-state index in [0.29, 0.717) is 9.84 Å². The Labute approximate surface area is 159 Å². The molecule has 0 bridgehead atoms. The molecule has 6 nitrogen and oxygen atoms in total. The van der Waals surface area contributed by atoms with Crippen molar-refractivity contribution in [3.8, 4) is 11.6 Å². The first-order valence-electron chi connectivity index (χ1n) is 8.93. The van der Waals surface area contributed by atoms with E-state index in [0.717, 1.165) is 31.5 Å². The maximum atomic E-state index is 12.7. The predicted molar refractivity (Wildman–Crippen MR) is 97.5 cm³/mol. The van der Waals surface area contributed by atoms with Crippen LogP contribution in [-0.2, 0) is 0 Å². The van der Waals surface area contributed by atoms with Gasteiger partial charge in [0.15, 0.2) is 0 Å². The number of thiazole rings is 1. The topological polar surface area (TPSA) is 62.9 Å². The lowest BCUT2D eigenvalue weighted by atomic mass is 10.0. The van der Waals surface area contributed by atoms with E-state index in [-0.39, 0.29) is 17.7 Å². The number of rotatable bonds is 5. The van der Waals surface area contributed by atoms with Crippen LogP contribution in [0, 0.1) is 0 Å². The van der Waals surface area contributed by atoms with Gasteiger partial charge in [0.05, 0.1) is 10.9 Å². The van der Waals surface area contributed by atoms with E-state index in [1.54, 1.807) is 12.1 Å². The third-order valence-corrected chi connectivity index (χ3v) is 5.88. The number of aromatic nitrogens is 3. The van der Waals surface area contributed by atoms with Crippen molar-refractivity contribution in [2.24, 2.45) is 0 Å². The number of aromatic hydroxyl groups is 1. The van der Waals surface area contributed by atoms with Gasteiger partial charge >= 0.3 is 6.61 Å². The van der Waals surface area contributed by atoms with Crippen molar-refractivity contribution in [1.82, 2.24) is 19.5 Å². The van der Waals surface area contributed by atoms with E-state index >= 15 is 0 Å². The largest absolute Gasteiger partial charge is 0.492 e. The first-order chi connectivity index (χ1) is 13.1. The number of hydrogen-bond donors (Lipinski definition) is 1. The van der Waals surface area contributed by atoms with Crippen LogP contribution in [0.1, 0.15) is 42.2 Å². The molecule has 0 aliphatic carbocycles. The lowest BCUT2D eigenvalue weighted by Gasteiger charge is -2.30. The summed E-state index contributed by atoms with van der Waals surface area (Å²) in [5.74, 6) is 0.156. The van der Waals surface area contributed by atoms with Crippen molar-refractivity contribution in [3.63, 3.8) is 0 Å². The van der Waals surface area contributed by atoms with Gasteiger partial charge in [0.25, 0.3) is 0 Å². The van der Waals surface area contributed by atoms with E-state index < -0.39 is 6.61 Å². The Morgan fingerprint density at radius 1 is 1.15 bits per heavy atom. The fourth-order valence-electron chi connectivity index (χ4n) is 3.61. The van der Waals surface area contributed by atoms with Crippen LogP contribution in [-0.4, -0.2) is 44.3 Å². The van der Waals surface area contributed by atoms with Gasteiger partial charge in [-0.3, -0.25) is 4.90 Å². The van der Waals surface area contributed by atoms with Crippen LogP contribution in [0.25, 0.3) is 4.96 Å². The van der Waals surface area contributed by atoms with E-state index in [4.69, 9.17) is 0 Å². The molecule has 27 heavy (non-hydrogen) atoms. The zero-order chi connectivity index (χ0) is 18.8. The summed E-state index contributed by atoms with van der Waals surface area (Å²) in [6.07, 6.45) is 5.85. The Bertz CT molecular complexity index is 906. The molecular weight excluding hydrogens is 374 g/mol. The number of alkyl halides is 2. The van der Waals surface area contributed by atoms with Crippen molar-refractivity contribution >= 4 is 16.3 Å². The lowest BCUT2D eigenvalue weighted by molar-refractivity contribution is -0.0499. The highest BCUT2D eigenvalue weighted by molar-refractivity contribution is 7.17. The smallest absolute Gasteiger partial charge is 0.387 e. The normalized spacial score (nSPS) is 17.3. The van der Waals surface area contributed by atoms with Gasteiger partial charge in [-0.2, -0.15) is 18.4 Å². The Kier molecular flexibility index (Phi) is 5.22. The molecule has 144 valence electrons. The number of ether oxygens (including phenoxy) is 1. The molecule has 0 spiro atoms. The Hall–Kier alpha value is -2.26. The van der Waals surface area contributed by atoms with Gasteiger partial charge in [-0.05, 0) is 43.6 Å². The minimum Gasteiger partial charge on any atom is -0.492 e. The molecule has 1 atom stereocenters. The van der Waals surface area contributed by atoms with Crippen LogP contribution in [0.15, 0.2) is 30.6 Å². The van der Waals surface area contributed by atoms with Crippen molar-refractivity contribution in [2.75, 3.05) is 13.1 Å². The molecule has 2 aromatic heterocycles. The molecule has 1 aliphatic rings. The molecule has 1 fully saturated rings. The van der Waals surface area contributed by atoms with Crippen LogP contribution in [0.4, 0.5) is 8.78 Å². The Morgan fingerprint density at radius 2 is 1.93 bits per heavy atom. The number of benzene rings is 1. The van der Waals surface area contributed by atoms with Gasteiger partial charge in [0.2, 0.25) is 10.8 Å². The van der Waals surface area contributed by atoms with E-state index in [9.17, 15) is 13.9 Å². The van der Waals surface area contributed by atoms with Gasteiger partial charge in [-0.1, -0.05) is 36.3 Å². The van der Waals surface area contributed by atoms with Crippen molar-refractivity contribution in [1.29, 1.82) is 0 Å². The van der Waals surface area contributed by atoms with Gasteiger partial charge in [0.1, 0.15) is 12.1 Å². The maximum Gasteiger partial charge on any atom is 0.387 e. The first-order valence-corrected chi connectivity index (χ1v) is 9.75. The summed E-state index contributed by atoms with van der Waals surface area (Å²) >= 11 is 1.36. The van der Waals surface area contributed by atoms with E-state index in [1.807, 2.05) is 6.07 Å². The number of halogens is 2. The molecule has 1 N–H and O–H groups in total. The zero-order valence-electron chi connectivity index (χ0n) is 14.6. The molecule has 1 saturated heterocycles. The third kappa shape index (κ3) is 3.74. The van der Waals surface area contributed by atoms with Crippen molar-refractivity contribution in [2.45, 2.75) is 38.3 Å². The molecule has 1 unspecified atom stereocenters.